The maximum atomic E-state index is 9.68. The van der Waals surface area contributed by atoms with Crippen molar-refractivity contribution in [1.29, 1.82) is 0 Å². The second-order valence-electron chi connectivity index (χ2n) is 3.75. The fourth-order valence-corrected chi connectivity index (χ4v) is 1.79. The molecule has 5 nitrogen and oxygen atoms in total. The molecule has 0 radical (unpaired) electrons. The molecule has 0 aromatic carbocycles. The van der Waals surface area contributed by atoms with Crippen molar-refractivity contribution in [2.75, 3.05) is 5.32 Å². The lowest BCUT2D eigenvalue weighted by molar-refractivity contribution is 0.115. The second kappa shape index (κ2) is 3.96. The molecule has 78 valence electrons. The fraction of sp³-hybridized carbons (Fsp3) is 0.778. The van der Waals surface area contributed by atoms with Gasteiger partial charge in [-0.3, -0.25) is 0 Å². The quantitative estimate of drug-likeness (QED) is 0.742. The Kier molecular flexibility index (Phi) is 2.67. The summed E-state index contributed by atoms with van der Waals surface area (Å²) in [6.07, 6.45) is 3.76. The highest BCUT2D eigenvalue weighted by Crippen LogP contribution is 2.21. The molecule has 2 atom stereocenters. The number of aliphatic hydroxyl groups is 1. The van der Waals surface area contributed by atoms with Crippen LogP contribution in [0.25, 0.3) is 0 Å². The van der Waals surface area contributed by atoms with E-state index in [1.54, 1.807) is 6.92 Å². The van der Waals surface area contributed by atoms with Crippen LogP contribution >= 0.6 is 0 Å². The fourth-order valence-electron chi connectivity index (χ4n) is 1.79. The highest BCUT2D eigenvalue weighted by Gasteiger charge is 2.24. The zero-order valence-corrected chi connectivity index (χ0v) is 8.23. The van der Waals surface area contributed by atoms with Gasteiger partial charge in [0, 0.05) is 0 Å². The third-order valence-electron chi connectivity index (χ3n) is 2.57. The predicted molar refractivity (Wildman–Crippen MR) is 50.9 cm³/mol. The van der Waals surface area contributed by atoms with E-state index < -0.39 is 0 Å². The number of nitrogens with one attached hydrogen (secondary N) is 1. The molecule has 1 aromatic rings. The SMILES string of the molecule is Cc1noc(NC2CCCCC2O)n1. The van der Waals surface area contributed by atoms with Crippen LogP contribution < -0.4 is 5.32 Å². The minimum atomic E-state index is -0.295. The predicted octanol–water partition coefficient (Wildman–Crippen LogP) is 1.09. The molecule has 1 aliphatic rings. The summed E-state index contributed by atoms with van der Waals surface area (Å²) >= 11 is 0. The second-order valence-corrected chi connectivity index (χ2v) is 3.75. The summed E-state index contributed by atoms with van der Waals surface area (Å²) in [4.78, 5) is 4.04. The molecule has 0 saturated heterocycles. The summed E-state index contributed by atoms with van der Waals surface area (Å²) in [5.74, 6) is 0.609. The van der Waals surface area contributed by atoms with E-state index in [1.807, 2.05) is 0 Å². The van der Waals surface area contributed by atoms with Gasteiger partial charge in [-0.25, -0.2) is 0 Å². The van der Waals surface area contributed by atoms with Crippen molar-refractivity contribution in [3.8, 4) is 0 Å². The summed E-state index contributed by atoms with van der Waals surface area (Å²) in [6.45, 7) is 1.77. The van der Waals surface area contributed by atoms with Gasteiger partial charge in [-0.1, -0.05) is 18.0 Å². The van der Waals surface area contributed by atoms with E-state index in [2.05, 4.69) is 15.5 Å². The first kappa shape index (κ1) is 9.45. The maximum Gasteiger partial charge on any atom is 0.321 e. The Bertz CT molecular complexity index is 300. The molecule has 0 amide bonds. The number of aliphatic hydroxyl groups excluding tert-OH is 1. The summed E-state index contributed by atoms with van der Waals surface area (Å²) in [6, 6.07) is 0.469. The van der Waals surface area contributed by atoms with E-state index in [4.69, 9.17) is 4.52 Å². The van der Waals surface area contributed by atoms with Crippen LogP contribution in [0.2, 0.25) is 0 Å². The Morgan fingerprint density at radius 2 is 2.21 bits per heavy atom. The molecular weight excluding hydrogens is 182 g/mol. The summed E-state index contributed by atoms with van der Waals surface area (Å²) in [5, 5.41) is 16.4. The first-order valence-electron chi connectivity index (χ1n) is 5.00. The van der Waals surface area contributed by atoms with Crippen LogP contribution in [0.4, 0.5) is 6.01 Å². The molecule has 2 N–H and O–H groups in total. The van der Waals surface area contributed by atoms with Gasteiger partial charge < -0.3 is 14.9 Å². The normalized spacial score (nSPS) is 27.6. The van der Waals surface area contributed by atoms with Crippen LogP contribution in [0, 0.1) is 6.92 Å². The van der Waals surface area contributed by atoms with Gasteiger partial charge in [0.1, 0.15) is 0 Å². The number of rotatable bonds is 2. The van der Waals surface area contributed by atoms with Gasteiger partial charge in [0.25, 0.3) is 0 Å². The lowest BCUT2D eigenvalue weighted by Crippen LogP contribution is -2.36. The van der Waals surface area contributed by atoms with Gasteiger partial charge in [0.2, 0.25) is 0 Å². The Hall–Kier alpha value is -1.10. The van der Waals surface area contributed by atoms with Crippen LogP contribution in [-0.4, -0.2) is 27.4 Å². The smallest absolute Gasteiger partial charge is 0.321 e. The first-order valence-corrected chi connectivity index (χ1v) is 5.00. The van der Waals surface area contributed by atoms with Crippen molar-refractivity contribution in [3.63, 3.8) is 0 Å². The highest BCUT2D eigenvalue weighted by atomic mass is 16.5. The largest absolute Gasteiger partial charge is 0.391 e. The van der Waals surface area contributed by atoms with E-state index in [1.165, 1.54) is 0 Å². The topological polar surface area (TPSA) is 71.2 Å². The van der Waals surface area contributed by atoms with Gasteiger partial charge >= 0.3 is 6.01 Å². The molecule has 1 saturated carbocycles. The van der Waals surface area contributed by atoms with Crippen LogP contribution in [-0.2, 0) is 0 Å². The molecule has 1 aliphatic carbocycles. The van der Waals surface area contributed by atoms with Crippen LogP contribution in [0.3, 0.4) is 0 Å². The van der Waals surface area contributed by atoms with E-state index in [0.717, 1.165) is 25.7 Å². The summed E-state index contributed by atoms with van der Waals surface area (Å²) in [5.41, 5.74) is 0. The molecule has 5 heteroatoms. The van der Waals surface area contributed by atoms with Crippen molar-refractivity contribution in [2.24, 2.45) is 0 Å². The lowest BCUT2D eigenvalue weighted by atomic mass is 9.93. The average molecular weight is 197 g/mol. The standard InChI is InChI=1S/C9H15N3O2/c1-6-10-9(14-12-6)11-7-4-2-3-5-8(7)13/h7-8,13H,2-5H2,1H3,(H,10,11,12). The number of anilines is 1. The monoisotopic (exact) mass is 197 g/mol. The number of aromatic nitrogens is 2. The lowest BCUT2D eigenvalue weighted by Gasteiger charge is -2.27. The van der Waals surface area contributed by atoms with Gasteiger partial charge in [-0.15, -0.1) is 0 Å². The van der Waals surface area contributed by atoms with E-state index in [0.29, 0.717) is 11.8 Å². The van der Waals surface area contributed by atoms with E-state index >= 15 is 0 Å². The van der Waals surface area contributed by atoms with Crippen molar-refractivity contribution in [2.45, 2.75) is 44.8 Å². The Morgan fingerprint density at radius 3 is 2.86 bits per heavy atom. The Balaban J connectivity index is 1.95. The number of nitrogens with zero attached hydrogens (tertiary/aromatic N) is 2. The number of hydrogen-bond acceptors (Lipinski definition) is 5. The van der Waals surface area contributed by atoms with Gasteiger partial charge in [-0.05, 0) is 19.8 Å². The zero-order valence-electron chi connectivity index (χ0n) is 8.23. The molecule has 1 heterocycles. The molecule has 0 aliphatic heterocycles. The highest BCUT2D eigenvalue weighted by molar-refractivity contribution is 5.21. The molecule has 1 aromatic heterocycles. The van der Waals surface area contributed by atoms with Crippen molar-refractivity contribution in [1.82, 2.24) is 10.1 Å². The third-order valence-corrected chi connectivity index (χ3v) is 2.57. The summed E-state index contributed by atoms with van der Waals surface area (Å²) in [7, 11) is 0. The Labute approximate surface area is 82.5 Å². The van der Waals surface area contributed by atoms with Gasteiger partial charge in [0.05, 0.1) is 12.1 Å². The maximum absolute atomic E-state index is 9.68. The van der Waals surface area contributed by atoms with Crippen molar-refractivity contribution < 1.29 is 9.63 Å². The van der Waals surface area contributed by atoms with Crippen LogP contribution in [0.15, 0.2) is 4.52 Å². The van der Waals surface area contributed by atoms with E-state index in [-0.39, 0.29) is 12.1 Å². The molecule has 14 heavy (non-hydrogen) atoms. The third kappa shape index (κ3) is 2.04. The molecule has 0 spiro atoms. The van der Waals surface area contributed by atoms with Gasteiger partial charge in [0.15, 0.2) is 5.82 Å². The van der Waals surface area contributed by atoms with Crippen molar-refractivity contribution >= 4 is 6.01 Å². The average Bonchev–Trinajstić information content (AvgIpc) is 2.56. The minimum Gasteiger partial charge on any atom is -0.391 e. The molecule has 1 fully saturated rings. The summed E-state index contributed by atoms with van der Waals surface area (Å²) < 4.78 is 4.93. The van der Waals surface area contributed by atoms with Crippen LogP contribution in [0.5, 0.6) is 0 Å². The molecular formula is C9H15N3O2. The Morgan fingerprint density at radius 1 is 1.43 bits per heavy atom. The number of hydrogen-bond donors (Lipinski definition) is 2. The minimum absolute atomic E-state index is 0.0589. The van der Waals surface area contributed by atoms with Crippen molar-refractivity contribution in [3.05, 3.63) is 5.82 Å². The molecule has 0 bridgehead atoms. The number of aryl methyl sites for hydroxylation is 1. The first-order chi connectivity index (χ1) is 6.75. The molecule has 2 unspecified atom stereocenters. The van der Waals surface area contributed by atoms with Gasteiger partial charge in [-0.2, -0.15) is 4.98 Å². The molecule has 2 rings (SSSR count). The van der Waals surface area contributed by atoms with E-state index in [9.17, 15) is 5.11 Å². The van der Waals surface area contributed by atoms with Crippen LogP contribution in [0.1, 0.15) is 31.5 Å². The zero-order chi connectivity index (χ0) is 9.97.